The number of halogens is 1. The van der Waals surface area contributed by atoms with Crippen LogP contribution in [-0.4, -0.2) is 22.5 Å². The van der Waals surface area contributed by atoms with Gasteiger partial charge >= 0.3 is 6.03 Å². The lowest BCUT2D eigenvalue weighted by Crippen LogP contribution is -2.34. The van der Waals surface area contributed by atoms with Gasteiger partial charge in [0, 0.05) is 12.2 Å². The van der Waals surface area contributed by atoms with Crippen molar-refractivity contribution >= 4 is 22.8 Å². The molecule has 1 saturated heterocycles. The van der Waals surface area contributed by atoms with Crippen LogP contribution >= 0.6 is 0 Å². The first-order valence-electron chi connectivity index (χ1n) is 10.4. The number of nitrogens with one attached hydrogen (secondary N) is 1. The zero-order valence-electron chi connectivity index (χ0n) is 17.1. The Morgan fingerprint density at radius 3 is 2.68 bits per heavy atom. The molecule has 0 radical (unpaired) electrons. The number of urea groups is 1. The van der Waals surface area contributed by atoms with E-state index in [0.717, 1.165) is 35.2 Å². The van der Waals surface area contributed by atoms with Crippen LogP contribution in [0.2, 0.25) is 0 Å². The lowest BCUT2D eigenvalue weighted by Gasteiger charge is -2.22. The van der Waals surface area contributed by atoms with Crippen LogP contribution in [0.4, 0.5) is 14.9 Å². The van der Waals surface area contributed by atoms with E-state index in [4.69, 9.17) is 9.40 Å². The van der Waals surface area contributed by atoms with Crippen molar-refractivity contribution in [1.29, 1.82) is 0 Å². The van der Waals surface area contributed by atoms with Crippen LogP contribution in [0.5, 0.6) is 0 Å². The van der Waals surface area contributed by atoms with Gasteiger partial charge < -0.3 is 14.6 Å². The van der Waals surface area contributed by atoms with Crippen LogP contribution in [0.1, 0.15) is 30.3 Å². The number of aromatic nitrogens is 1. The van der Waals surface area contributed by atoms with Gasteiger partial charge in [-0.05, 0) is 72.9 Å². The normalized spacial score (nSPS) is 16.1. The first-order chi connectivity index (χ1) is 15.1. The minimum Gasteiger partial charge on any atom is -0.438 e. The summed E-state index contributed by atoms with van der Waals surface area (Å²) in [6, 6.07) is 19.9. The first-order valence-corrected chi connectivity index (χ1v) is 10.4. The molecule has 5 rings (SSSR count). The van der Waals surface area contributed by atoms with Crippen LogP contribution in [-0.2, 0) is 0 Å². The third-order valence-electron chi connectivity index (χ3n) is 5.72. The molecule has 3 aromatic carbocycles. The van der Waals surface area contributed by atoms with E-state index in [2.05, 4.69) is 5.32 Å². The fourth-order valence-corrected chi connectivity index (χ4v) is 4.07. The molecule has 1 unspecified atom stereocenters. The van der Waals surface area contributed by atoms with E-state index in [-0.39, 0.29) is 17.9 Å². The van der Waals surface area contributed by atoms with Gasteiger partial charge in [0.05, 0.1) is 0 Å². The highest BCUT2D eigenvalue weighted by molar-refractivity contribution is 5.89. The average Bonchev–Trinajstić information content (AvgIpc) is 3.42. The Bertz CT molecular complexity index is 1250. The number of carbonyl (C=O) groups excluding carboxylic acids is 1. The molecule has 1 fully saturated rings. The monoisotopic (exact) mass is 415 g/mol. The highest BCUT2D eigenvalue weighted by Gasteiger charge is 2.33. The van der Waals surface area contributed by atoms with E-state index >= 15 is 0 Å². The minimum atomic E-state index is -0.219. The van der Waals surface area contributed by atoms with Crippen molar-refractivity contribution in [3.05, 3.63) is 84.0 Å². The Labute approximate surface area is 179 Å². The quantitative estimate of drug-likeness (QED) is 0.426. The van der Waals surface area contributed by atoms with Crippen molar-refractivity contribution in [2.45, 2.75) is 25.8 Å². The number of anilines is 1. The first kappa shape index (κ1) is 19.3. The molecule has 2 amide bonds. The molecule has 1 aromatic heterocycles. The predicted molar refractivity (Wildman–Crippen MR) is 118 cm³/mol. The Morgan fingerprint density at radius 1 is 1.10 bits per heavy atom. The fourth-order valence-electron chi connectivity index (χ4n) is 4.07. The van der Waals surface area contributed by atoms with Crippen LogP contribution in [0, 0.1) is 12.7 Å². The number of carbonyl (C=O) groups is 1. The molecular weight excluding hydrogens is 393 g/mol. The van der Waals surface area contributed by atoms with Crippen LogP contribution in [0.3, 0.4) is 0 Å². The van der Waals surface area contributed by atoms with Crippen molar-refractivity contribution in [2.24, 2.45) is 0 Å². The SMILES string of the molecule is Cc1cc(-c2ccc3oc(C4CCCN4C(=O)Nc4ccccc4)nc3c2)ccc1F. The van der Waals surface area contributed by atoms with E-state index in [1.54, 1.807) is 17.9 Å². The molecule has 0 saturated carbocycles. The Kier molecular flexibility index (Phi) is 4.90. The average molecular weight is 415 g/mol. The molecule has 31 heavy (non-hydrogen) atoms. The van der Waals surface area contributed by atoms with Crippen molar-refractivity contribution in [3.63, 3.8) is 0 Å². The fraction of sp³-hybridized carbons (Fsp3) is 0.200. The smallest absolute Gasteiger partial charge is 0.322 e. The number of benzene rings is 3. The summed E-state index contributed by atoms with van der Waals surface area (Å²) in [5, 5.41) is 2.94. The number of nitrogens with zero attached hydrogens (tertiary/aromatic N) is 2. The third-order valence-corrected chi connectivity index (χ3v) is 5.72. The molecule has 2 heterocycles. The maximum atomic E-state index is 13.6. The summed E-state index contributed by atoms with van der Waals surface area (Å²) in [4.78, 5) is 19.3. The summed E-state index contributed by atoms with van der Waals surface area (Å²) in [6.45, 7) is 2.41. The Morgan fingerprint density at radius 2 is 1.87 bits per heavy atom. The van der Waals surface area contributed by atoms with Gasteiger partial charge in [-0.15, -0.1) is 0 Å². The predicted octanol–water partition coefficient (Wildman–Crippen LogP) is 6.31. The number of fused-ring (bicyclic) bond motifs is 1. The second-order valence-electron chi connectivity index (χ2n) is 7.85. The van der Waals surface area contributed by atoms with E-state index < -0.39 is 0 Å². The number of likely N-dealkylation sites (tertiary alicyclic amines) is 1. The van der Waals surface area contributed by atoms with Gasteiger partial charge in [-0.1, -0.05) is 30.3 Å². The molecule has 5 nitrogen and oxygen atoms in total. The topological polar surface area (TPSA) is 58.4 Å². The summed E-state index contributed by atoms with van der Waals surface area (Å²) in [7, 11) is 0. The minimum absolute atomic E-state index is 0.154. The standard InChI is InChI=1S/C25H22FN3O2/c1-16-14-17(9-11-20(16)26)18-10-12-23-21(15-18)28-24(31-23)22-8-5-13-29(22)25(30)27-19-6-3-2-4-7-19/h2-4,6-7,9-12,14-15,22H,5,8,13H2,1H3,(H,27,30). The molecule has 0 spiro atoms. The molecule has 0 bridgehead atoms. The maximum absolute atomic E-state index is 13.6. The second-order valence-corrected chi connectivity index (χ2v) is 7.85. The molecule has 4 aromatic rings. The maximum Gasteiger partial charge on any atom is 0.322 e. The van der Waals surface area contributed by atoms with Gasteiger partial charge in [-0.3, -0.25) is 0 Å². The number of hydrogen-bond donors (Lipinski definition) is 1. The molecule has 1 aliphatic rings. The molecule has 0 aliphatic carbocycles. The van der Waals surface area contributed by atoms with Crippen LogP contribution in [0.15, 0.2) is 71.1 Å². The molecular formula is C25H22FN3O2. The largest absolute Gasteiger partial charge is 0.438 e. The lowest BCUT2D eigenvalue weighted by molar-refractivity contribution is 0.199. The van der Waals surface area contributed by atoms with E-state index in [1.807, 2.05) is 54.6 Å². The third kappa shape index (κ3) is 3.77. The number of amides is 2. The summed E-state index contributed by atoms with van der Waals surface area (Å²) >= 11 is 0. The summed E-state index contributed by atoms with van der Waals surface area (Å²) < 4.78 is 19.6. The number of aryl methyl sites for hydroxylation is 1. The Balaban J connectivity index is 1.41. The van der Waals surface area contributed by atoms with Gasteiger partial charge in [0.1, 0.15) is 17.4 Å². The molecule has 1 aliphatic heterocycles. The van der Waals surface area contributed by atoms with Crippen molar-refractivity contribution in [3.8, 4) is 11.1 Å². The van der Waals surface area contributed by atoms with Crippen molar-refractivity contribution in [1.82, 2.24) is 9.88 Å². The molecule has 156 valence electrons. The second kappa shape index (κ2) is 7.87. The molecule has 6 heteroatoms. The van der Waals surface area contributed by atoms with E-state index in [1.165, 1.54) is 6.07 Å². The van der Waals surface area contributed by atoms with Crippen molar-refractivity contribution < 1.29 is 13.6 Å². The van der Waals surface area contributed by atoms with Gasteiger partial charge in [0.25, 0.3) is 0 Å². The van der Waals surface area contributed by atoms with E-state index in [0.29, 0.717) is 23.6 Å². The highest BCUT2D eigenvalue weighted by Crippen LogP contribution is 2.35. The molecule has 1 atom stereocenters. The number of oxazole rings is 1. The number of rotatable bonds is 3. The van der Waals surface area contributed by atoms with Gasteiger partial charge in [0.2, 0.25) is 5.89 Å². The van der Waals surface area contributed by atoms with Gasteiger partial charge in [-0.25, -0.2) is 14.2 Å². The summed E-state index contributed by atoms with van der Waals surface area (Å²) in [5.74, 6) is 0.326. The number of hydrogen-bond acceptors (Lipinski definition) is 3. The number of para-hydroxylation sites is 1. The van der Waals surface area contributed by atoms with E-state index in [9.17, 15) is 9.18 Å². The van der Waals surface area contributed by atoms with Crippen molar-refractivity contribution in [2.75, 3.05) is 11.9 Å². The Hall–Kier alpha value is -3.67. The summed E-state index contributed by atoms with van der Waals surface area (Å²) in [6.07, 6.45) is 1.70. The van der Waals surface area contributed by atoms with Crippen LogP contribution < -0.4 is 5.32 Å². The van der Waals surface area contributed by atoms with Crippen LogP contribution in [0.25, 0.3) is 22.2 Å². The zero-order valence-corrected chi connectivity index (χ0v) is 17.1. The molecule has 1 N–H and O–H groups in total. The summed E-state index contributed by atoms with van der Waals surface area (Å²) in [5.41, 5.74) is 4.63. The zero-order chi connectivity index (χ0) is 21.4. The highest BCUT2D eigenvalue weighted by atomic mass is 19.1. The van der Waals surface area contributed by atoms with Gasteiger partial charge in [0.15, 0.2) is 5.58 Å². The van der Waals surface area contributed by atoms with Gasteiger partial charge in [-0.2, -0.15) is 0 Å². The lowest BCUT2D eigenvalue weighted by atomic mass is 10.0.